The van der Waals surface area contributed by atoms with E-state index in [1.165, 1.54) is 0 Å². The van der Waals surface area contributed by atoms with Crippen molar-refractivity contribution >= 4 is 5.95 Å². The summed E-state index contributed by atoms with van der Waals surface area (Å²) in [6.07, 6.45) is 2.99. The lowest BCUT2D eigenvalue weighted by Crippen LogP contribution is -2.13. The summed E-state index contributed by atoms with van der Waals surface area (Å²) in [6, 6.07) is 0. The first-order valence-electron chi connectivity index (χ1n) is 6.61. The molecule has 1 heterocycles. The molecule has 0 aromatic carbocycles. The number of ether oxygens (including phenoxy) is 3. The molecule has 6 heteroatoms. The number of rotatable bonds is 11. The Bertz CT molecular complexity index is 342. The summed E-state index contributed by atoms with van der Waals surface area (Å²) in [5.41, 5.74) is 1.01. The van der Waals surface area contributed by atoms with Gasteiger partial charge in [0.1, 0.15) is 0 Å². The molecule has 0 aliphatic rings. The molecule has 1 aromatic heterocycles. The standard InChI is InChI=1S/C13H25N3O3/c1-12-11-16(6-8-19-10-9-18-3)13(15-12)14-5-4-7-17-2/h11H,4-10H2,1-3H3,(H,14,15). The molecule has 0 amide bonds. The maximum absolute atomic E-state index is 5.46. The predicted octanol–water partition coefficient (Wildman–Crippen LogP) is 1.30. The highest BCUT2D eigenvalue weighted by molar-refractivity contribution is 5.28. The average molecular weight is 271 g/mol. The van der Waals surface area contributed by atoms with Gasteiger partial charge in [0.2, 0.25) is 5.95 Å². The molecule has 0 saturated carbocycles. The van der Waals surface area contributed by atoms with Crippen LogP contribution in [0.2, 0.25) is 0 Å². The van der Waals surface area contributed by atoms with Crippen molar-refractivity contribution in [2.45, 2.75) is 19.9 Å². The minimum absolute atomic E-state index is 0.626. The highest BCUT2D eigenvalue weighted by Crippen LogP contribution is 2.08. The number of aryl methyl sites for hydroxylation is 1. The zero-order valence-electron chi connectivity index (χ0n) is 12.1. The van der Waals surface area contributed by atoms with Gasteiger partial charge in [-0.3, -0.25) is 0 Å². The highest BCUT2D eigenvalue weighted by Gasteiger charge is 2.04. The predicted molar refractivity (Wildman–Crippen MR) is 74.6 cm³/mol. The van der Waals surface area contributed by atoms with E-state index in [1.54, 1.807) is 14.2 Å². The SMILES string of the molecule is COCCCNc1nc(C)cn1CCOCCOC. The second-order valence-corrected chi connectivity index (χ2v) is 4.28. The molecule has 1 N–H and O–H groups in total. The summed E-state index contributed by atoms with van der Waals surface area (Å²) in [4.78, 5) is 4.45. The van der Waals surface area contributed by atoms with Crippen LogP contribution in [0.5, 0.6) is 0 Å². The van der Waals surface area contributed by atoms with Gasteiger partial charge in [-0.25, -0.2) is 4.98 Å². The first-order valence-corrected chi connectivity index (χ1v) is 6.61. The zero-order chi connectivity index (χ0) is 13.9. The van der Waals surface area contributed by atoms with Gasteiger partial charge >= 0.3 is 0 Å². The van der Waals surface area contributed by atoms with Crippen LogP contribution in [-0.4, -0.2) is 56.7 Å². The van der Waals surface area contributed by atoms with Crippen molar-refractivity contribution in [2.75, 3.05) is 52.5 Å². The molecule has 0 bridgehead atoms. The summed E-state index contributed by atoms with van der Waals surface area (Å²) < 4.78 is 17.5. The monoisotopic (exact) mass is 271 g/mol. The van der Waals surface area contributed by atoms with E-state index in [9.17, 15) is 0 Å². The molecule has 0 atom stereocenters. The third-order valence-corrected chi connectivity index (χ3v) is 2.61. The summed E-state index contributed by atoms with van der Waals surface area (Å²) >= 11 is 0. The molecule has 0 spiro atoms. The lowest BCUT2D eigenvalue weighted by molar-refractivity contribution is 0.0668. The number of aromatic nitrogens is 2. The summed E-state index contributed by atoms with van der Waals surface area (Å²) in [5, 5.41) is 3.31. The van der Waals surface area contributed by atoms with Crippen LogP contribution >= 0.6 is 0 Å². The van der Waals surface area contributed by atoms with E-state index < -0.39 is 0 Å². The Morgan fingerprint density at radius 3 is 2.68 bits per heavy atom. The van der Waals surface area contributed by atoms with E-state index in [1.807, 2.05) is 13.1 Å². The lowest BCUT2D eigenvalue weighted by Gasteiger charge is -2.10. The maximum atomic E-state index is 5.46. The Balaban J connectivity index is 2.31. The van der Waals surface area contributed by atoms with Gasteiger partial charge in [0.05, 0.1) is 25.5 Å². The number of methoxy groups -OCH3 is 2. The Morgan fingerprint density at radius 1 is 1.16 bits per heavy atom. The van der Waals surface area contributed by atoms with Gasteiger partial charge in [-0.2, -0.15) is 0 Å². The fraction of sp³-hybridized carbons (Fsp3) is 0.769. The smallest absolute Gasteiger partial charge is 0.203 e. The Kier molecular flexibility index (Phi) is 8.20. The molecular formula is C13H25N3O3. The van der Waals surface area contributed by atoms with E-state index in [-0.39, 0.29) is 0 Å². The van der Waals surface area contributed by atoms with Gasteiger partial charge in [-0.1, -0.05) is 0 Å². The molecule has 0 saturated heterocycles. The summed E-state index contributed by atoms with van der Waals surface area (Å²) in [7, 11) is 3.38. The average Bonchev–Trinajstić information content (AvgIpc) is 2.75. The first-order chi connectivity index (χ1) is 9.27. The molecular weight excluding hydrogens is 246 g/mol. The molecule has 110 valence electrons. The number of hydrogen-bond donors (Lipinski definition) is 1. The van der Waals surface area contributed by atoms with Crippen molar-refractivity contribution in [3.05, 3.63) is 11.9 Å². The topological polar surface area (TPSA) is 57.5 Å². The fourth-order valence-electron chi connectivity index (χ4n) is 1.68. The van der Waals surface area contributed by atoms with Crippen molar-refractivity contribution in [2.24, 2.45) is 0 Å². The second-order valence-electron chi connectivity index (χ2n) is 4.28. The number of imidazole rings is 1. The van der Waals surface area contributed by atoms with Crippen LogP contribution in [0.15, 0.2) is 6.20 Å². The van der Waals surface area contributed by atoms with Crippen LogP contribution in [0.4, 0.5) is 5.95 Å². The first kappa shape index (κ1) is 15.9. The van der Waals surface area contributed by atoms with E-state index in [0.717, 1.165) is 37.8 Å². The molecule has 1 rings (SSSR count). The number of anilines is 1. The van der Waals surface area contributed by atoms with Crippen LogP contribution in [0, 0.1) is 6.92 Å². The van der Waals surface area contributed by atoms with Gasteiger partial charge in [-0.05, 0) is 13.3 Å². The van der Waals surface area contributed by atoms with Gasteiger partial charge in [0.25, 0.3) is 0 Å². The Hall–Kier alpha value is -1.11. The molecule has 0 aliphatic carbocycles. The molecule has 1 aromatic rings. The Labute approximate surface area is 115 Å². The van der Waals surface area contributed by atoms with Crippen LogP contribution in [0.25, 0.3) is 0 Å². The Morgan fingerprint density at radius 2 is 1.95 bits per heavy atom. The van der Waals surface area contributed by atoms with E-state index >= 15 is 0 Å². The van der Waals surface area contributed by atoms with Crippen molar-refractivity contribution < 1.29 is 14.2 Å². The maximum Gasteiger partial charge on any atom is 0.203 e. The van der Waals surface area contributed by atoms with Crippen molar-refractivity contribution in [3.8, 4) is 0 Å². The lowest BCUT2D eigenvalue weighted by atomic mass is 10.4. The van der Waals surface area contributed by atoms with Crippen LogP contribution in [-0.2, 0) is 20.8 Å². The molecule has 0 aliphatic heterocycles. The molecule has 19 heavy (non-hydrogen) atoms. The quantitative estimate of drug-likeness (QED) is 0.615. The summed E-state index contributed by atoms with van der Waals surface area (Å²) in [6.45, 7) is 6.30. The zero-order valence-corrected chi connectivity index (χ0v) is 12.1. The normalized spacial score (nSPS) is 10.9. The van der Waals surface area contributed by atoms with Gasteiger partial charge in [-0.15, -0.1) is 0 Å². The molecule has 0 unspecified atom stereocenters. The molecule has 6 nitrogen and oxygen atoms in total. The minimum Gasteiger partial charge on any atom is -0.385 e. The second kappa shape index (κ2) is 9.77. The molecule has 0 fully saturated rings. The van der Waals surface area contributed by atoms with Gasteiger partial charge in [0, 0.05) is 40.1 Å². The van der Waals surface area contributed by atoms with Crippen molar-refractivity contribution in [1.29, 1.82) is 0 Å². The van der Waals surface area contributed by atoms with Gasteiger partial charge in [0.15, 0.2) is 0 Å². The van der Waals surface area contributed by atoms with Crippen molar-refractivity contribution in [3.63, 3.8) is 0 Å². The number of nitrogens with zero attached hydrogens (tertiary/aromatic N) is 2. The third-order valence-electron chi connectivity index (χ3n) is 2.61. The third kappa shape index (κ3) is 6.56. The van der Waals surface area contributed by atoms with Crippen LogP contribution < -0.4 is 5.32 Å². The van der Waals surface area contributed by atoms with Gasteiger partial charge < -0.3 is 24.1 Å². The van der Waals surface area contributed by atoms with E-state index in [4.69, 9.17) is 14.2 Å². The number of nitrogens with one attached hydrogen (secondary N) is 1. The van der Waals surface area contributed by atoms with Crippen LogP contribution in [0.1, 0.15) is 12.1 Å². The van der Waals surface area contributed by atoms with E-state index in [2.05, 4.69) is 14.9 Å². The summed E-state index contributed by atoms with van der Waals surface area (Å²) in [5.74, 6) is 0.893. The largest absolute Gasteiger partial charge is 0.385 e. The minimum atomic E-state index is 0.626. The van der Waals surface area contributed by atoms with Crippen molar-refractivity contribution in [1.82, 2.24) is 9.55 Å². The number of hydrogen-bond acceptors (Lipinski definition) is 5. The van der Waals surface area contributed by atoms with E-state index in [0.29, 0.717) is 19.8 Å². The molecule has 0 radical (unpaired) electrons. The fourth-order valence-corrected chi connectivity index (χ4v) is 1.68. The van der Waals surface area contributed by atoms with Crippen LogP contribution in [0.3, 0.4) is 0 Å². The highest BCUT2D eigenvalue weighted by atomic mass is 16.5.